The molecule has 0 atom stereocenters. The van der Waals surface area contributed by atoms with Gasteiger partial charge in [-0.3, -0.25) is 14.9 Å². The molecular formula is C27H25BrN4O6. The first-order valence-electron chi connectivity index (χ1n) is 11.7. The van der Waals surface area contributed by atoms with E-state index in [9.17, 15) is 14.9 Å². The molecule has 3 aromatic carbocycles. The summed E-state index contributed by atoms with van der Waals surface area (Å²) >= 11 is 3.41. The Hall–Kier alpha value is -4.25. The third-order valence-corrected chi connectivity index (χ3v) is 6.15. The molecule has 1 aromatic heterocycles. The van der Waals surface area contributed by atoms with Gasteiger partial charge in [0.05, 0.1) is 36.3 Å². The number of fused-ring (bicyclic) bond motifs is 1. The first-order chi connectivity index (χ1) is 18.3. The second-order valence-electron chi connectivity index (χ2n) is 8.27. The zero-order valence-electron chi connectivity index (χ0n) is 21.0. The van der Waals surface area contributed by atoms with Crippen LogP contribution in [0.4, 0.5) is 5.69 Å². The Morgan fingerprint density at radius 3 is 2.50 bits per heavy atom. The fraction of sp³-hybridized carbons (Fsp3) is 0.222. The van der Waals surface area contributed by atoms with Gasteiger partial charge < -0.3 is 14.2 Å². The average molecular weight is 581 g/mol. The Morgan fingerprint density at radius 1 is 1.11 bits per heavy atom. The van der Waals surface area contributed by atoms with Crippen LogP contribution in [0.1, 0.15) is 30.3 Å². The van der Waals surface area contributed by atoms with Gasteiger partial charge in [-0.25, -0.2) is 4.98 Å². The van der Waals surface area contributed by atoms with E-state index < -0.39 is 4.92 Å². The summed E-state index contributed by atoms with van der Waals surface area (Å²) in [5, 5.41) is 16.0. The van der Waals surface area contributed by atoms with Crippen LogP contribution in [0.3, 0.4) is 0 Å². The molecule has 0 saturated carbocycles. The van der Waals surface area contributed by atoms with Crippen LogP contribution in [0.5, 0.6) is 17.2 Å². The van der Waals surface area contributed by atoms with E-state index >= 15 is 0 Å². The SMILES string of the molecule is CCCc1nc2ccc(Br)cc2c(=O)n1N=Cc1cc(OC)c(OCc2cccc([N+](=O)[O-])c2)c(OC)c1. The van der Waals surface area contributed by atoms with Crippen LogP contribution >= 0.6 is 15.9 Å². The van der Waals surface area contributed by atoms with E-state index in [0.717, 1.165) is 10.9 Å². The lowest BCUT2D eigenvalue weighted by Crippen LogP contribution is -2.22. The van der Waals surface area contributed by atoms with Crippen LogP contribution < -0.4 is 19.8 Å². The number of halogens is 1. The highest BCUT2D eigenvalue weighted by Gasteiger charge is 2.16. The molecule has 38 heavy (non-hydrogen) atoms. The molecule has 0 bridgehead atoms. The normalized spacial score (nSPS) is 11.2. The van der Waals surface area contributed by atoms with Crippen molar-refractivity contribution < 1.29 is 19.1 Å². The summed E-state index contributed by atoms with van der Waals surface area (Å²) in [4.78, 5) is 28.5. The van der Waals surface area contributed by atoms with Crippen molar-refractivity contribution in [1.29, 1.82) is 0 Å². The highest BCUT2D eigenvalue weighted by molar-refractivity contribution is 9.10. The second-order valence-corrected chi connectivity index (χ2v) is 9.19. The molecule has 1 heterocycles. The van der Waals surface area contributed by atoms with E-state index in [2.05, 4.69) is 26.0 Å². The van der Waals surface area contributed by atoms with Crippen LogP contribution in [0.25, 0.3) is 10.9 Å². The lowest BCUT2D eigenvalue weighted by molar-refractivity contribution is -0.384. The van der Waals surface area contributed by atoms with Crippen LogP contribution in [-0.2, 0) is 13.0 Å². The Kier molecular flexibility index (Phi) is 8.37. The minimum absolute atomic E-state index is 0.0233. The largest absolute Gasteiger partial charge is 0.493 e. The van der Waals surface area contributed by atoms with E-state index in [1.807, 2.05) is 13.0 Å². The number of hydrogen-bond acceptors (Lipinski definition) is 8. The van der Waals surface area contributed by atoms with Crippen molar-refractivity contribution in [2.45, 2.75) is 26.4 Å². The molecule has 4 aromatic rings. The molecule has 0 aliphatic carbocycles. The smallest absolute Gasteiger partial charge is 0.282 e. The minimum Gasteiger partial charge on any atom is -0.493 e. The fourth-order valence-electron chi connectivity index (χ4n) is 3.86. The molecule has 0 N–H and O–H groups in total. The minimum atomic E-state index is -0.458. The number of aryl methyl sites for hydroxylation is 1. The average Bonchev–Trinajstić information content (AvgIpc) is 2.92. The maximum atomic E-state index is 13.3. The number of nitro benzene ring substituents is 1. The molecule has 196 valence electrons. The monoisotopic (exact) mass is 580 g/mol. The summed E-state index contributed by atoms with van der Waals surface area (Å²) in [7, 11) is 2.98. The van der Waals surface area contributed by atoms with Gasteiger partial charge in [0.1, 0.15) is 12.4 Å². The number of nitrogens with zero attached hydrogens (tertiary/aromatic N) is 4. The van der Waals surface area contributed by atoms with E-state index in [4.69, 9.17) is 14.2 Å². The van der Waals surface area contributed by atoms with Crippen LogP contribution in [0.2, 0.25) is 0 Å². The van der Waals surface area contributed by atoms with E-state index in [1.54, 1.807) is 36.4 Å². The Labute approximate surface area is 226 Å². The second kappa shape index (κ2) is 11.9. The van der Waals surface area contributed by atoms with Crippen molar-refractivity contribution in [1.82, 2.24) is 9.66 Å². The van der Waals surface area contributed by atoms with Gasteiger partial charge in [0.2, 0.25) is 5.75 Å². The molecule has 11 heteroatoms. The Morgan fingerprint density at radius 2 is 1.84 bits per heavy atom. The van der Waals surface area contributed by atoms with Crippen LogP contribution in [-0.4, -0.2) is 35.0 Å². The number of methoxy groups -OCH3 is 2. The topological polar surface area (TPSA) is 118 Å². The summed E-state index contributed by atoms with van der Waals surface area (Å²) < 4.78 is 19.1. The van der Waals surface area contributed by atoms with Gasteiger partial charge in [-0.1, -0.05) is 35.0 Å². The first-order valence-corrected chi connectivity index (χ1v) is 12.5. The predicted molar refractivity (Wildman–Crippen MR) is 148 cm³/mol. The fourth-order valence-corrected chi connectivity index (χ4v) is 4.22. The summed E-state index contributed by atoms with van der Waals surface area (Å²) in [6.45, 7) is 2.07. The zero-order valence-corrected chi connectivity index (χ0v) is 22.6. The van der Waals surface area contributed by atoms with Gasteiger partial charge in [-0.05, 0) is 42.3 Å². The molecule has 0 amide bonds. The standard InChI is InChI=1S/C27H25BrN4O6/c1-4-6-25-30-22-10-9-19(28)14-21(22)27(33)31(25)29-15-18-12-23(36-2)26(24(13-18)37-3)38-16-17-7-5-8-20(11-17)32(34)35/h5,7-15H,4,6,16H2,1-3H3. The van der Waals surface area contributed by atoms with E-state index in [0.29, 0.717) is 51.5 Å². The van der Waals surface area contributed by atoms with Crippen molar-refractivity contribution in [3.8, 4) is 17.2 Å². The van der Waals surface area contributed by atoms with Gasteiger partial charge in [0.15, 0.2) is 11.5 Å². The predicted octanol–water partition coefficient (Wildman–Crippen LogP) is 5.50. The van der Waals surface area contributed by atoms with Crippen molar-refractivity contribution >= 4 is 38.7 Å². The molecule has 4 rings (SSSR count). The quantitative estimate of drug-likeness (QED) is 0.138. The number of non-ortho nitro benzene ring substituents is 1. The lowest BCUT2D eigenvalue weighted by Gasteiger charge is -2.15. The summed E-state index contributed by atoms with van der Waals surface area (Å²) in [5.74, 6) is 1.63. The zero-order chi connectivity index (χ0) is 27.2. The summed E-state index contributed by atoms with van der Waals surface area (Å²) in [6.07, 6.45) is 2.90. The molecule has 0 aliphatic rings. The van der Waals surface area contributed by atoms with E-state index in [1.165, 1.54) is 37.2 Å². The molecule has 0 fully saturated rings. The summed E-state index contributed by atoms with van der Waals surface area (Å²) in [6, 6.07) is 15.0. The van der Waals surface area contributed by atoms with Crippen LogP contribution in [0, 0.1) is 10.1 Å². The summed E-state index contributed by atoms with van der Waals surface area (Å²) in [5.41, 5.74) is 1.54. The molecule has 0 aliphatic heterocycles. The highest BCUT2D eigenvalue weighted by Crippen LogP contribution is 2.39. The van der Waals surface area contributed by atoms with Gasteiger partial charge in [-0.15, -0.1) is 0 Å². The number of rotatable bonds is 10. The molecular weight excluding hydrogens is 556 g/mol. The van der Waals surface area contributed by atoms with Crippen molar-refractivity contribution in [2.24, 2.45) is 5.10 Å². The van der Waals surface area contributed by atoms with E-state index in [-0.39, 0.29) is 17.9 Å². The van der Waals surface area contributed by atoms with Gasteiger partial charge in [0, 0.05) is 28.6 Å². The maximum absolute atomic E-state index is 13.3. The molecule has 0 radical (unpaired) electrons. The lowest BCUT2D eigenvalue weighted by atomic mass is 10.2. The first kappa shape index (κ1) is 26.8. The third kappa shape index (κ3) is 5.83. The Bertz CT molecular complexity index is 1560. The molecule has 0 saturated heterocycles. The number of benzene rings is 3. The van der Waals surface area contributed by atoms with Gasteiger partial charge >= 0.3 is 0 Å². The number of aromatic nitrogens is 2. The number of ether oxygens (including phenoxy) is 3. The number of nitro groups is 1. The third-order valence-electron chi connectivity index (χ3n) is 5.66. The van der Waals surface area contributed by atoms with Gasteiger partial charge in [-0.2, -0.15) is 9.78 Å². The number of hydrogen-bond donors (Lipinski definition) is 0. The molecule has 0 unspecified atom stereocenters. The van der Waals surface area contributed by atoms with Crippen LogP contribution in [0.15, 0.2) is 69.0 Å². The molecule has 0 spiro atoms. The van der Waals surface area contributed by atoms with Crippen molar-refractivity contribution in [3.63, 3.8) is 0 Å². The van der Waals surface area contributed by atoms with Crippen molar-refractivity contribution in [2.75, 3.05) is 14.2 Å². The highest BCUT2D eigenvalue weighted by atomic mass is 79.9. The van der Waals surface area contributed by atoms with Gasteiger partial charge in [0.25, 0.3) is 11.2 Å². The molecule has 10 nitrogen and oxygen atoms in total. The Balaban J connectivity index is 1.68. The maximum Gasteiger partial charge on any atom is 0.282 e. The van der Waals surface area contributed by atoms with Crippen molar-refractivity contribution in [3.05, 3.63) is 96.5 Å².